The average molecular weight is 422 g/mol. The number of esters is 1. The fourth-order valence-electron chi connectivity index (χ4n) is 3.53. The highest BCUT2D eigenvalue weighted by molar-refractivity contribution is 5.89. The van der Waals surface area contributed by atoms with Crippen LogP contribution in [0.4, 0.5) is 0 Å². The van der Waals surface area contributed by atoms with Crippen molar-refractivity contribution in [2.45, 2.75) is 26.9 Å². The second-order valence-corrected chi connectivity index (χ2v) is 7.67. The van der Waals surface area contributed by atoms with Gasteiger partial charge in [-0.3, -0.25) is 4.79 Å². The Morgan fingerprint density at radius 3 is 2.39 bits per heavy atom. The molecule has 1 aromatic heterocycles. The number of para-hydroxylation sites is 1. The molecule has 2 aromatic carbocycles. The van der Waals surface area contributed by atoms with Crippen LogP contribution < -0.4 is 10.2 Å². The molecule has 7 heteroatoms. The van der Waals surface area contributed by atoms with E-state index in [1.165, 1.54) is 7.11 Å². The summed E-state index contributed by atoms with van der Waals surface area (Å²) in [6.07, 6.45) is 0. The van der Waals surface area contributed by atoms with E-state index in [-0.39, 0.29) is 11.9 Å². The predicted octanol–water partition coefficient (Wildman–Crippen LogP) is 1.61. The second-order valence-electron chi connectivity index (χ2n) is 7.67. The Morgan fingerprint density at radius 1 is 1.06 bits per heavy atom. The van der Waals surface area contributed by atoms with E-state index in [0.717, 1.165) is 33.1 Å². The molecule has 1 unspecified atom stereocenters. The summed E-state index contributed by atoms with van der Waals surface area (Å²) >= 11 is 0. The molecule has 0 aliphatic carbocycles. The lowest BCUT2D eigenvalue weighted by Gasteiger charge is -2.14. The molecule has 0 spiro atoms. The van der Waals surface area contributed by atoms with Gasteiger partial charge in [0.2, 0.25) is 0 Å². The Morgan fingerprint density at radius 2 is 1.74 bits per heavy atom. The maximum atomic E-state index is 12.4. The number of ether oxygens (including phenoxy) is 1. The molecule has 1 atom stereocenters. The number of benzene rings is 2. The molecule has 3 aromatic rings. The van der Waals surface area contributed by atoms with Gasteiger partial charge < -0.3 is 15.0 Å². The highest BCUT2D eigenvalue weighted by Gasteiger charge is 2.18. The first-order chi connectivity index (χ1) is 14.9. The van der Waals surface area contributed by atoms with Gasteiger partial charge in [-0.25, -0.2) is 9.48 Å². The van der Waals surface area contributed by atoms with Crippen molar-refractivity contribution in [3.05, 3.63) is 82.7 Å². The largest absolute Gasteiger partial charge is 0.465 e. The van der Waals surface area contributed by atoms with Crippen molar-refractivity contribution < 1.29 is 19.2 Å². The number of nitrogens with zero attached hydrogens (tertiary/aromatic N) is 2. The molecule has 7 nitrogen and oxygen atoms in total. The van der Waals surface area contributed by atoms with Crippen molar-refractivity contribution in [2.24, 2.45) is 0 Å². The van der Waals surface area contributed by atoms with Gasteiger partial charge in [0, 0.05) is 6.54 Å². The van der Waals surface area contributed by atoms with E-state index < -0.39 is 0 Å². The zero-order valence-electron chi connectivity index (χ0n) is 18.4. The first kappa shape index (κ1) is 22.2. The van der Waals surface area contributed by atoms with E-state index in [0.29, 0.717) is 25.2 Å². The molecule has 2 N–H and O–H groups in total. The molecule has 0 bridgehead atoms. The Balaban J connectivity index is 1.55. The smallest absolute Gasteiger partial charge is 0.337 e. The number of quaternary nitrogens is 1. The molecule has 3 rings (SSSR count). The topological polar surface area (TPSA) is 77.7 Å². The number of hydrogen-bond donors (Lipinski definition) is 2. The van der Waals surface area contributed by atoms with Crippen LogP contribution in [0, 0.1) is 13.8 Å². The average Bonchev–Trinajstić information content (AvgIpc) is 3.06. The minimum absolute atomic E-state index is 0.0275. The van der Waals surface area contributed by atoms with Gasteiger partial charge in [0.05, 0.1) is 42.4 Å². The van der Waals surface area contributed by atoms with Crippen LogP contribution >= 0.6 is 0 Å². The van der Waals surface area contributed by atoms with Gasteiger partial charge in [-0.15, -0.1) is 0 Å². The minimum atomic E-state index is -0.373. The summed E-state index contributed by atoms with van der Waals surface area (Å²) < 4.78 is 6.65. The molecule has 0 aliphatic rings. The SMILES string of the molecule is COC(=O)c1ccc(CNC(=O)C[NH+](C)Cc2c(C)nn(-c3ccccc3)c2C)cc1. The molecule has 1 amide bonds. The van der Waals surface area contributed by atoms with E-state index >= 15 is 0 Å². The molecule has 0 saturated heterocycles. The van der Waals surface area contributed by atoms with Gasteiger partial charge in [0.25, 0.3) is 5.91 Å². The standard InChI is InChI=1S/C24H28N4O3/c1-17-22(18(2)28(26-17)21-8-6-5-7-9-21)15-27(3)16-23(29)25-14-19-10-12-20(13-11-19)24(30)31-4/h5-13H,14-16H2,1-4H3,(H,25,29)/p+1. The lowest BCUT2D eigenvalue weighted by atomic mass is 10.1. The number of carbonyl (C=O) groups excluding carboxylic acids is 2. The number of methoxy groups -OCH3 is 1. The number of nitrogens with one attached hydrogen (secondary N) is 2. The fourth-order valence-corrected chi connectivity index (χ4v) is 3.53. The monoisotopic (exact) mass is 421 g/mol. The first-order valence-corrected chi connectivity index (χ1v) is 10.2. The Kier molecular flexibility index (Phi) is 7.20. The van der Waals surface area contributed by atoms with Gasteiger partial charge in [-0.2, -0.15) is 5.10 Å². The molecular formula is C24H29N4O3+. The number of carbonyl (C=O) groups is 2. The Labute approximate surface area is 182 Å². The second kappa shape index (κ2) is 10.0. The van der Waals surface area contributed by atoms with Crippen LogP contribution in [0.25, 0.3) is 5.69 Å². The molecular weight excluding hydrogens is 392 g/mol. The molecule has 0 fully saturated rings. The molecule has 0 aliphatic heterocycles. The van der Waals surface area contributed by atoms with Crippen LogP contribution in [0.1, 0.15) is 32.9 Å². The predicted molar refractivity (Wildman–Crippen MR) is 118 cm³/mol. The summed E-state index contributed by atoms with van der Waals surface area (Å²) in [5.41, 5.74) is 5.68. The normalized spacial score (nSPS) is 11.7. The number of aryl methyl sites for hydroxylation is 1. The van der Waals surface area contributed by atoms with Crippen LogP contribution in [0.2, 0.25) is 0 Å². The van der Waals surface area contributed by atoms with E-state index in [4.69, 9.17) is 4.74 Å². The molecule has 0 saturated carbocycles. The number of amides is 1. The van der Waals surface area contributed by atoms with Crippen molar-refractivity contribution in [1.82, 2.24) is 15.1 Å². The van der Waals surface area contributed by atoms with Gasteiger partial charge in [-0.05, 0) is 43.7 Å². The quantitative estimate of drug-likeness (QED) is 0.542. The Hall–Kier alpha value is -3.45. The maximum Gasteiger partial charge on any atom is 0.337 e. The lowest BCUT2D eigenvalue weighted by Crippen LogP contribution is -3.09. The molecule has 0 radical (unpaired) electrons. The van der Waals surface area contributed by atoms with Gasteiger partial charge in [0.1, 0.15) is 6.54 Å². The van der Waals surface area contributed by atoms with Crippen LogP contribution in [-0.4, -0.2) is 42.4 Å². The van der Waals surface area contributed by atoms with E-state index in [2.05, 4.69) is 17.3 Å². The van der Waals surface area contributed by atoms with Crippen LogP contribution in [0.15, 0.2) is 54.6 Å². The summed E-state index contributed by atoms with van der Waals surface area (Å²) in [5.74, 6) is -0.401. The summed E-state index contributed by atoms with van der Waals surface area (Å²) in [6.45, 7) is 5.56. The van der Waals surface area contributed by atoms with Crippen molar-refractivity contribution in [3.8, 4) is 5.69 Å². The van der Waals surface area contributed by atoms with Gasteiger partial charge >= 0.3 is 5.97 Å². The zero-order chi connectivity index (χ0) is 22.4. The van der Waals surface area contributed by atoms with Crippen molar-refractivity contribution in [3.63, 3.8) is 0 Å². The fraction of sp³-hybridized carbons (Fsp3) is 0.292. The minimum Gasteiger partial charge on any atom is -0.465 e. The Bertz CT molecular complexity index is 1040. The van der Waals surface area contributed by atoms with Crippen molar-refractivity contribution in [2.75, 3.05) is 20.7 Å². The highest BCUT2D eigenvalue weighted by atomic mass is 16.5. The third-order valence-corrected chi connectivity index (χ3v) is 5.25. The molecule has 31 heavy (non-hydrogen) atoms. The van der Waals surface area contributed by atoms with E-state index in [1.54, 1.807) is 12.1 Å². The maximum absolute atomic E-state index is 12.4. The number of likely N-dealkylation sites (N-methyl/N-ethyl adjacent to an activating group) is 1. The summed E-state index contributed by atoms with van der Waals surface area (Å²) in [6, 6.07) is 17.1. The third-order valence-electron chi connectivity index (χ3n) is 5.25. The van der Waals surface area contributed by atoms with E-state index in [1.807, 2.05) is 61.1 Å². The lowest BCUT2D eigenvalue weighted by molar-refractivity contribution is -0.885. The molecule has 1 heterocycles. The number of hydrogen-bond acceptors (Lipinski definition) is 4. The van der Waals surface area contributed by atoms with Crippen LogP contribution in [0.5, 0.6) is 0 Å². The number of aromatic nitrogens is 2. The molecule has 162 valence electrons. The summed E-state index contributed by atoms with van der Waals surface area (Å²) in [4.78, 5) is 25.0. The van der Waals surface area contributed by atoms with E-state index in [9.17, 15) is 9.59 Å². The van der Waals surface area contributed by atoms with Crippen LogP contribution in [0.3, 0.4) is 0 Å². The summed E-state index contributed by atoms with van der Waals surface area (Å²) in [7, 11) is 3.36. The van der Waals surface area contributed by atoms with Crippen molar-refractivity contribution >= 4 is 11.9 Å². The third kappa shape index (κ3) is 5.58. The highest BCUT2D eigenvalue weighted by Crippen LogP contribution is 2.16. The summed E-state index contributed by atoms with van der Waals surface area (Å²) in [5, 5.41) is 7.63. The zero-order valence-corrected chi connectivity index (χ0v) is 18.4. The number of rotatable bonds is 8. The van der Waals surface area contributed by atoms with Gasteiger partial charge in [0.15, 0.2) is 6.54 Å². The van der Waals surface area contributed by atoms with Gasteiger partial charge in [-0.1, -0.05) is 30.3 Å². The van der Waals surface area contributed by atoms with Crippen LogP contribution in [-0.2, 0) is 22.6 Å². The first-order valence-electron chi connectivity index (χ1n) is 10.2. The van der Waals surface area contributed by atoms with Crippen molar-refractivity contribution in [1.29, 1.82) is 0 Å².